The molecule has 3 fully saturated rings. The van der Waals surface area contributed by atoms with Crippen LogP contribution in [0.3, 0.4) is 0 Å². The van der Waals surface area contributed by atoms with E-state index in [1.807, 2.05) is 0 Å². The van der Waals surface area contributed by atoms with Gasteiger partial charge in [-0.1, -0.05) is 0 Å². The van der Waals surface area contributed by atoms with Gasteiger partial charge in [0.15, 0.2) is 0 Å². The highest BCUT2D eigenvalue weighted by Crippen LogP contribution is 2.57. The van der Waals surface area contributed by atoms with E-state index in [0.29, 0.717) is 11.1 Å². The first kappa shape index (κ1) is 19.6. The normalized spacial score (nSPS) is 28.8. The van der Waals surface area contributed by atoms with Gasteiger partial charge in [0.25, 0.3) is 0 Å². The minimum Gasteiger partial charge on any atom is -0.285 e. The molecular formula is C20H19F3N2O4. The molecule has 0 N–H and O–H groups in total. The second-order valence-corrected chi connectivity index (χ2v) is 8.07. The van der Waals surface area contributed by atoms with Crippen LogP contribution in [-0.2, 0) is 25.4 Å². The van der Waals surface area contributed by atoms with Gasteiger partial charge in [0.05, 0.1) is 34.9 Å². The van der Waals surface area contributed by atoms with E-state index in [2.05, 4.69) is 0 Å². The average molecular weight is 408 g/mol. The van der Waals surface area contributed by atoms with Crippen molar-refractivity contribution in [3.8, 4) is 0 Å². The Labute approximate surface area is 164 Å². The molecule has 1 saturated carbocycles. The van der Waals surface area contributed by atoms with Gasteiger partial charge in [-0.25, -0.2) is 4.90 Å². The summed E-state index contributed by atoms with van der Waals surface area (Å²) in [5.41, 5.74) is -0.386. The molecule has 1 aliphatic carbocycles. The predicted molar refractivity (Wildman–Crippen MR) is 94.6 cm³/mol. The number of anilines is 1. The van der Waals surface area contributed by atoms with E-state index in [1.165, 1.54) is 27.8 Å². The Morgan fingerprint density at radius 2 is 1.07 bits per heavy atom. The molecule has 29 heavy (non-hydrogen) atoms. The summed E-state index contributed by atoms with van der Waals surface area (Å²) in [6.45, 7) is 5.68. The summed E-state index contributed by atoms with van der Waals surface area (Å²) < 4.78 is 41.1. The number of carbonyl (C=O) groups excluding carboxylic acids is 4. The molecule has 0 aromatic heterocycles. The summed E-state index contributed by atoms with van der Waals surface area (Å²) in [6, 6.07) is 0. The molecule has 0 radical (unpaired) electrons. The Bertz CT molecular complexity index is 990. The van der Waals surface area contributed by atoms with Gasteiger partial charge in [-0.15, -0.1) is 0 Å². The number of imide groups is 2. The smallest absolute Gasteiger partial charge is 0.285 e. The molecule has 2 aliphatic heterocycles. The lowest BCUT2D eigenvalue weighted by molar-refractivity contribution is -0.146. The molecule has 1 aromatic rings. The number of benzene rings is 1. The van der Waals surface area contributed by atoms with Crippen molar-refractivity contribution >= 4 is 29.3 Å². The zero-order valence-electron chi connectivity index (χ0n) is 16.5. The Morgan fingerprint density at radius 1 is 0.655 bits per heavy atom. The third-order valence-corrected chi connectivity index (χ3v) is 6.88. The first-order valence-corrected chi connectivity index (χ1v) is 9.19. The second-order valence-electron chi connectivity index (χ2n) is 8.07. The third kappa shape index (κ3) is 2.18. The number of nitrogens with zero attached hydrogens (tertiary/aromatic N) is 2. The maximum atomic E-state index is 13.7. The van der Waals surface area contributed by atoms with Crippen molar-refractivity contribution in [1.29, 1.82) is 0 Å². The largest absolute Gasteiger partial charge is 0.417 e. The van der Waals surface area contributed by atoms with E-state index < -0.39 is 59.0 Å². The van der Waals surface area contributed by atoms with Crippen LogP contribution in [-0.4, -0.2) is 35.6 Å². The van der Waals surface area contributed by atoms with Crippen LogP contribution in [0, 0.1) is 51.4 Å². The Kier molecular flexibility index (Phi) is 3.83. The van der Waals surface area contributed by atoms with Gasteiger partial charge in [0.2, 0.25) is 23.6 Å². The highest BCUT2D eigenvalue weighted by atomic mass is 19.4. The number of amides is 4. The van der Waals surface area contributed by atoms with Crippen LogP contribution < -0.4 is 4.90 Å². The molecule has 0 spiro atoms. The number of fused-ring (bicyclic) bond motifs is 4. The molecule has 154 valence electrons. The number of hydrogen-bond acceptors (Lipinski definition) is 4. The standard InChI is InChI=1S/C20H19F3N2O4/c1-6-7(2)14(20(21,22)23)9(4)15(8(6)3)25-18(28)12-10-11(13(12)19(25)29)17(27)24(5)16(10)26/h10-13H,1-5H3. The molecule has 6 nitrogen and oxygen atoms in total. The highest BCUT2D eigenvalue weighted by Gasteiger charge is 2.73. The average Bonchev–Trinajstić information content (AvgIpc) is 2.89. The number of rotatable bonds is 1. The van der Waals surface area contributed by atoms with Crippen molar-refractivity contribution in [2.24, 2.45) is 23.7 Å². The third-order valence-electron chi connectivity index (χ3n) is 6.88. The lowest BCUT2D eigenvalue weighted by Crippen LogP contribution is -2.50. The van der Waals surface area contributed by atoms with Crippen molar-refractivity contribution in [3.05, 3.63) is 27.8 Å². The quantitative estimate of drug-likeness (QED) is 0.669. The number of alkyl halides is 3. The zero-order valence-corrected chi connectivity index (χ0v) is 16.5. The number of likely N-dealkylation sites (tertiary alicyclic amines) is 1. The SMILES string of the molecule is Cc1c(C)c(N2C(=O)C3C4C(=O)N(C)C(=O)C4C3C2=O)c(C)c(C(F)(F)F)c1C. The summed E-state index contributed by atoms with van der Waals surface area (Å²) >= 11 is 0. The zero-order chi connectivity index (χ0) is 21.7. The van der Waals surface area contributed by atoms with Gasteiger partial charge in [-0.05, 0) is 49.9 Å². The molecule has 4 amide bonds. The summed E-state index contributed by atoms with van der Waals surface area (Å²) in [7, 11) is 1.30. The lowest BCUT2D eigenvalue weighted by Gasteiger charge is -2.36. The molecule has 1 aromatic carbocycles. The van der Waals surface area contributed by atoms with E-state index >= 15 is 0 Å². The predicted octanol–water partition coefficient (Wildman–Crippen LogP) is 2.29. The topological polar surface area (TPSA) is 74.8 Å². The molecule has 2 saturated heterocycles. The number of carbonyl (C=O) groups is 4. The monoisotopic (exact) mass is 408 g/mol. The Balaban J connectivity index is 1.87. The maximum absolute atomic E-state index is 13.7. The minimum absolute atomic E-state index is 0.0437. The van der Waals surface area contributed by atoms with Crippen molar-refractivity contribution in [3.63, 3.8) is 0 Å². The first-order valence-electron chi connectivity index (χ1n) is 9.19. The van der Waals surface area contributed by atoms with E-state index in [9.17, 15) is 32.3 Å². The van der Waals surface area contributed by atoms with Crippen LogP contribution in [0.1, 0.15) is 27.8 Å². The van der Waals surface area contributed by atoms with E-state index in [1.54, 1.807) is 6.92 Å². The van der Waals surface area contributed by atoms with Crippen LogP contribution in [0.15, 0.2) is 0 Å². The second kappa shape index (κ2) is 5.67. The fourth-order valence-electron chi connectivity index (χ4n) is 5.25. The highest BCUT2D eigenvalue weighted by molar-refractivity contribution is 6.28. The van der Waals surface area contributed by atoms with Crippen LogP contribution in [0.25, 0.3) is 0 Å². The van der Waals surface area contributed by atoms with E-state index in [-0.39, 0.29) is 16.8 Å². The van der Waals surface area contributed by atoms with Crippen LogP contribution >= 0.6 is 0 Å². The lowest BCUT2D eigenvalue weighted by atomic mass is 9.59. The molecule has 4 unspecified atom stereocenters. The van der Waals surface area contributed by atoms with E-state index in [0.717, 1.165) is 9.80 Å². The fraction of sp³-hybridized carbons (Fsp3) is 0.500. The number of halogens is 3. The molecular weight excluding hydrogens is 389 g/mol. The summed E-state index contributed by atoms with van der Waals surface area (Å²) in [4.78, 5) is 52.5. The van der Waals surface area contributed by atoms with Crippen molar-refractivity contribution in [2.75, 3.05) is 11.9 Å². The minimum atomic E-state index is -4.66. The summed E-state index contributed by atoms with van der Waals surface area (Å²) in [5.74, 6) is -6.27. The van der Waals surface area contributed by atoms with Gasteiger partial charge in [0.1, 0.15) is 0 Å². The molecule has 4 atom stereocenters. The maximum Gasteiger partial charge on any atom is 0.417 e. The molecule has 3 aliphatic rings. The van der Waals surface area contributed by atoms with Crippen LogP contribution in [0.2, 0.25) is 0 Å². The number of hydrogen-bond donors (Lipinski definition) is 0. The van der Waals surface area contributed by atoms with E-state index in [4.69, 9.17) is 0 Å². The first-order chi connectivity index (χ1) is 13.3. The van der Waals surface area contributed by atoms with Gasteiger partial charge in [-0.2, -0.15) is 13.2 Å². The fourth-order valence-corrected chi connectivity index (χ4v) is 5.25. The molecule has 9 heteroatoms. The molecule has 4 rings (SSSR count). The Morgan fingerprint density at radius 3 is 1.48 bits per heavy atom. The Hall–Kier alpha value is -2.71. The molecule has 2 heterocycles. The van der Waals surface area contributed by atoms with Crippen molar-refractivity contribution in [2.45, 2.75) is 33.9 Å². The van der Waals surface area contributed by atoms with Gasteiger partial charge < -0.3 is 0 Å². The van der Waals surface area contributed by atoms with Crippen molar-refractivity contribution in [1.82, 2.24) is 4.90 Å². The van der Waals surface area contributed by atoms with Gasteiger partial charge in [0, 0.05) is 7.05 Å². The van der Waals surface area contributed by atoms with Crippen molar-refractivity contribution < 1.29 is 32.3 Å². The summed E-state index contributed by atoms with van der Waals surface area (Å²) in [5, 5.41) is 0. The molecule has 0 bridgehead atoms. The van der Waals surface area contributed by atoms with Crippen LogP contribution in [0.4, 0.5) is 18.9 Å². The van der Waals surface area contributed by atoms with Gasteiger partial charge in [-0.3, -0.25) is 24.1 Å². The summed E-state index contributed by atoms with van der Waals surface area (Å²) in [6.07, 6.45) is -4.66. The van der Waals surface area contributed by atoms with Gasteiger partial charge >= 0.3 is 6.18 Å². The van der Waals surface area contributed by atoms with Crippen LogP contribution in [0.5, 0.6) is 0 Å².